The molecule has 0 saturated carbocycles. The molecular weight excluding hydrogens is 787 g/mol. The lowest BCUT2D eigenvalue weighted by Crippen LogP contribution is -2.11. The van der Waals surface area contributed by atoms with Crippen LogP contribution in [0.4, 0.5) is 17.1 Å². The molecule has 0 saturated heterocycles. The van der Waals surface area contributed by atoms with Crippen molar-refractivity contribution in [2.75, 3.05) is 4.90 Å². The van der Waals surface area contributed by atoms with E-state index in [0.29, 0.717) is 0 Å². The summed E-state index contributed by atoms with van der Waals surface area (Å²) in [4.78, 5) is 2.46. The number of hydrogen-bond donors (Lipinski definition) is 0. The fourth-order valence-corrected chi connectivity index (χ4v) is 10.4. The number of hydrogen-bond acceptors (Lipinski definition) is 1. The molecule has 13 rings (SSSR count). The highest BCUT2D eigenvalue weighted by molar-refractivity contribution is 6.15. The van der Waals surface area contributed by atoms with Gasteiger partial charge in [0.2, 0.25) is 0 Å². The molecule has 10 aromatic carbocycles. The summed E-state index contributed by atoms with van der Waals surface area (Å²) in [7, 11) is 0. The minimum absolute atomic E-state index is 1.12. The first kappa shape index (κ1) is 36.9. The molecule has 0 N–H and O–H groups in total. The van der Waals surface area contributed by atoms with Crippen molar-refractivity contribution in [2.45, 2.75) is 0 Å². The third-order valence-electron chi connectivity index (χ3n) is 13.2. The Bertz CT molecular complexity index is 3730. The Balaban J connectivity index is 0.997. The van der Waals surface area contributed by atoms with Gasteiger partial charge in [-0.3, -0.25) is 0 Å². The Morgan fingerprint density at radius 3 is 1.37 bits per heavy atom. The number of benzene rings is 10. The molecule has 65 heavy (non-hydrogen) atoms. The van der Waals surface area contributed by atoms with Crippen LogP contribution in [0.3, 0.4) is 0 Å². The predicted octanol–water partition coefficient (Wildman–Crippen LogP) is 16.8. The van der Waals surface area contributed by atoms with E-state index in [9.17, 15) is 0 Å². The molecular formula is C62H41N3. The molecule has 2 aromatic heterocycles. The highest BCUT2D eigenvalue weighted by Crippen LogP contribution is 2.56. The standard InChI is InChI=1S/C62H41N3/c1-3-24-47(25-4-1)63-57-36-13-9-31-53(57)60-54-32-10-14-37-58(54)65(48-26-5-2-6-27-48)62(60)61-50(33-18-38-59(61)63)46-23-16-21-44(40-46)42-19-15-20-43(39-42)45-22-17-28-49(41-45)64-55-34-11-7-29-51(55)52-30-8-12-35-56(52)64/h1-41H. The maximum atomic E-state index is 2.49. The SMILES string of the molecule is c1ccc(N2c3ccccc3-c3c(n(-c4ccccc4)c4ccccc34)-c3c(-c4cccc(-c5cccc(-c6cccc(-n7c8ccccc8c8ccccc87)c6)c5)c4)cccc32)cc1. The smallest absolute Gasteiger partial charge is 0.0647 e. The molecule has 0 radical (unpaired) electrons. The molecule has 0 fully saturated rings. The zero-order chi connectivity index (χ0) is 42.8. The minimum Gasteiger partial charge on any atom is -0.309 e. The summed E-state index contributed by atoms with van der Waals surface area (Å²) in [5, 5.41) is 3.75. The van der Waals surface area contributed by atoms with E-state index < -0.39 is 0 Å². The molecule has 1 aliphatic rings. The van der Waals surface area contributed by atoms with E-state index in [4.69, 9.17) is 0 Å². The van der Waals surface area contributed by atoms with E-state index in [1.807, 2.05) is 0 Å². The normalized spacial score (nSPS) is 12.0. The summed E-state index contributed by atoms with van der Waals surface area (Å²) < 4.78 is 4.88. The van der Waals surface area contributed by atoms with Crippen LogP contribution in [0.5, 0.6) is 0 Å². The molecule has 304 valence electrons. The van der Waals surface area contributed by atoms with Crippen LogP contribution in [0.1, 0.15) is 0 Å². The lowest BCUT2D eigenvalue weighted by atomic mass is 9.90. The molecule has 0 spiro atoms. The van der Waals surface area contributed by atoms with Gasteiger partial charge in [-0.25, -0.2) is 0 Å². The largest absolute Gasteiger partial charge is 0.309 e. The molecule has 3 heterocycles. The van der Waals surface area contributed by atoms with Crippen molar-refractivity contribution in [1.82, 2.24) is 9.13 Å². The summed E-state index contributed by atoms with van der Waals surface area (Å²) in [5.41, 5.74) is 21.1. The molecule has 0 bridgehead atoms. The van der Waals surface area contributed by atoms with E-state index in [0.717, 1.165) is 34.0 Å². The van der Waals surface area contributed by atoms with E-state index in [-0.39, 0.29) is 0 Å². The molecule has 12 aromatic rings. The van der Waals surface area contributed by atoms with Crippen LogP contribution in [0.15, 0.2) is 249 Å². The Hall–Kier alpha value is -8.66. The summed E-state index contributed by atoms with van der Waals surface area (Å²) in [6, 6.07) is 90.8. The van der Waals surface area contributed by atoms with Gasteiger partial charge in [0.05, 0.1) is 33.6 Å². The second kappa shape index (κ2) is 15.0. The average Bonchev–Trinajstić information content (AvgIpc) is 3.86. The fraction of sp³-hybridized carbons (Fsp3) is 0. The topological polar surface area (TPSA) is 13.1 Å². The van der Waals surface area contributed by atoms with Gasteiger partial charge in [-0.05, 0) is 112 Å². The molecule has 0 amide bonds. The third-order valence-corrected chi connectivity index (χ3v) is 13.2. The van der Waals surface area contributed by atoms with E-state index in [1.165, 1.54) is 82.9 Å². The van der Waals surface area contributed by atoms with Crippen LogP contribution >= 0.6 is 0 Å². The Kier molecular flexibility index (Phi) is 8.53. The van der Waals surface area contributed by atoms with Gasteiger partial charge in [-0.2, -0.15) is 0 Å². The maximum absolute atomic E-state index is 2.49. The summed E-state index contributed by atoms with van der Waals surface area (Å²) in [6.07, 6.45) is 0. The van der Waals surface area contributed by atoms with Gasteiger partial charge in [-0.1, -0.05) is 170 Å². The van der Waals surface area contributed by atoms with E-state index >= 15 is 0 Å². The summed E-state index contributed by atoms with van der Waals surface area (Å²) in [5.74, 6) is 0. The van der Waals surface area contributed by atoms with Crippen molar-refractivity contribution in [1.29, 1.82) is 0 Å². The zero-order valence-electron chi connectivity index (χ0n) is 35.5. The maximum Gasteiger partial charge on any atom is 0.0647 e. The Morgan fingerprint density at radius 1 is 0.246 bits per heavy atom. The van der Waals surface area contributed by atoms with Crippen molar-refractivity contribution in [3.63, 3.8) is 0 Å². The number of para-hydroxylation sites is 6. The highest BCUT2D eigenvalue weighted by atomic mass is 15.2. The molecule has 3 heteroatoms. The van der Waals surface area contributed by atoms with Crippen LogP contribution in [0, 0.1) is 0 Å². The fourth-order valence-electron chi connectivity index (χ4n) is 10.4. The number of aromatic nitrogens is 2. The molecule has 1 aliphatic heterocycles. The third kappa shape index (κ3) is 5.90. The van der Waals surface area contributed by atoms with Crippen LogP contribution in [-0.2, 0) is 0 Å². The number of rotatable bonds is 6. The van der Waals surface area contributed by atoms with Crippen molar-refractivity contribution in [3.8, 4) is 67.1 Å². The summed E-state index contributed by atoms with van der Waals surface area (Å²) in [6.45, 7) is 0. The lowest BCUT2D eigenvalue weighted by molar-refractivity contribution is 1.13. The van der Waals surface area contributed by atoms with E-state index in [1.54, 1.807) is 0 Å². The first-order valence-corrected chi connectivity index (χ1v) is 22.4. The van der Waals surface area contributed by atoms with Crippen molar-refractivity contribution < 1.29 is 0 Å². The predicted molar refractivity (Wildman–Crippen MR) is 273 cm³/mol. The molecule has 0 atom stereocenters. The Labute approximate surface area is 378 Å². The highest BCUT2D eigenvalue weighted by Gasteiger charge is 2.33. The first-order valence-electron chi connectivity index (χ1n) is 22.4. The van der Waals surface area contributed by atoms with Gasteiger partial charge >= 0.3 is 0 Å². The zero-order valence-corrected chi connectivity index (χ0v) is 35.5. The Morgan fingerprint density at radius 2 is 0.692 bits per heavy atom. The first-order chi connectivity index (χ1) is 32.3. The molecule has 0 aliphatic carbocycles. The second-order valence-corrected chi connectivity index (χ2v) is 16.9. The monoisotopic (exact) mass is 827 g/mol. The van der Waals surface area contributed by atoms with Crippen molar-refractivity contribution in [3.05, 3.63) is 249 Å². The van der Waals surface area contributed by atoms with Gasteiger partial charge in [0, 0.05) is 49.9 Å². The van der Waals surface area contributed by atoms with Gasteiger partial charge in [0.25, 0.3) is 0 Å². The number of nitrogens with zero attached hydrogens (tertiary/aromatic N) is 3. The minimum atomic E-state index is 1.12. The molecule has 0 unspecified atom stereocenters. The van der Waals surface area contributed by atoms with Crippen LogP contribution in [0.2, 0.25) is 0 Å². The number of fused-ring (bicyclic) bond motifs is 10. The van der Waals surface area contributed by atoms with Gasteiger partial charge < -0.3 is 14.0 Å². The van der Waals surface area contributed by atoms with Gasteiger partial charge in [0.15, 0.2) is 0 Å². The second-order valence-electron chi connectivity index (χ2n) is 16.9. The lowest BCUT2D eigenvalue weighted by Gasteiger charge is -2.28. The van der Waals surface area contributed by atoms with Crippen LogP contribution in [-0.4, -0.2) is 9.13 Å². The van der Waals surface area contributed by atoms with Crippen LogP contribution < -0.4 is 4.90 Å². The number of anilines is 3. The molecule has 3 nitrogen and oxygen atoms in total. The van der Waals surface area contributed by atoms with Gasteiger partial charge in [0.1, 0.15) is 0 Å². The van der Waals surface area contributed by atoms with Crippen molar-refractivity contribution in [2.24, 2.45) is 0 Å². The average molecular weight is 828 g/mol. The summed E-state index contributed by atoms with van der Waals surface area (Å²) >= 11 is 0. The quantitative estimate of drug-likeness (QED) is 0.163. The van der Waals surface area contributed by atoms with Crippen molar-refractivity contribution >= 4 is 49.8 Å². The van der Waals surface area contributed by atoms with Crippen LogP contribution in [0.25, 0.3) is 99.8 Å². The van der Waals surface area contributed by atoms with E-state index in [2.05, 4.69) is 263 Å². The van der Waals surface area contributed by atoms with Gasteiger partial charge in [-0.15, -0.1) is 0 Å².